The van der Waals surface area contributed by atoms with E-state index in [0.717, 1.165) is 17.6 Å². The summed E-state index contributed by atoms with van der Waals surface area (Å²) in [5, 5.41) is 13.0. The molecule has 0 fully saturated rings. The van der Waals surface area contributed by atoms with Crippen molar-refractivity contribution in [2.75, 3.05) is 0 Å². The van der Waals surface area contributed by atoms with Crippen LogP contribution >= 0.6 is 43.2 Å². The molecule has 0 aliphatic carbocycles. The first-order valence-electron chi connectivity index (χ1n) is 4.78. The van der Waals surface area contributed by atoms with E-state index >= 15 is 0 Å². The molecule has 0 radical (unpaired) electrons. The highest BCUT2D eigenvalue weighted by Gasteiger charge is 2.61. The second kappa shape index (κ2) is 4.83. The third-order valence-corrected chi connectivity index (χ3v) is 5.67. The lowest BCUT2D eigenvalue weighted by Gasteiger charge is -2.32. The molecule has 2 rings (SSSR count). The Kier molecular flexibility index (Phi) is 3.80. The molecular weight excluding hydrogens is 417 g/mol. The number of carbonyl (C=O) groups excluding carboxylic acids is 1. The lowest BCUT2D eigenvalue weighted by molar-refractivity contribution is -0.297. The molecule has 1 aromatic rings. The molecule has 1 amide bonds. The van der Waals surface area contributed by atoms with Crippen LogP contribution in [0.25, 0.3) is 0 Å². The van der Waals surface area contributed by atoms with Gasteiger partial charge in [0.05, 0.1) is 8.66 Å². The van der Waals surface area contributed by atoms with Gasteiger partial charge in [0.2, 0.25) is 0 Å². The maximum absolute atomic E-state index is 12.8. The molecule has 0 unspecified atom stereocenters. The molecule has 1 aliphatic heterocycles. The molecular formula is C9H5Br2F3N2O2S. The number of amides is 1. The summed E-state index contributed by atoms with van der Waals surface area (Å²) in [7, 11) is 0. The molecule has 0 aromatic carbocycles. The van der Waals surface area contributed by atoms with Crippen LogP contribution in [0.3, 0.4) is 0 Å². The standard InChI is InChI=1S/C9H5Br2F3N2O2S/c10-4-3-5(19-6(4)11)7(17)16-8(18,1-2-15-16)9(12,13)14/h2-3,18H,1H2/t8-/m0/s1. The van der Waals surface area contributed by atoms with Gasteiger partial charge in [0.25, 0.3) is 11.6 Å². The van der Waals surface area contributed by atoms with Crippen molar-refractivity contribution < 1.29 is 23.1 Å². The van der Waals surface area contributed by atoms with Crippen LogP contribution in [0.15, 0.2) is 19.4 Å². The number of hydrogen-bond acceptors (Lipinski definition) is 4. The highest BCUT2D eigenvalue weighted by molar-refractivity contribution is 9.13. The van der Waals surface area contributed by atoms with E-state index in [1.807, 2.05) is 0 Å². The van der Waals surface area contributed by atoms with Crippen LogP contribution in [0.4, 0.5) is 13.2 Å². The number of aliphatic hydroxyl groups is 1. The van der Waals surface area contributed by atoms with E-state index < -0.39 is 24.2 Å². The maximum Gasteiger partial charge on any atom is 0.438 e. The van der Waals surface area contributed by atoms with E-state index in [2.05, 4.69) is 37.0 Å². The summed E-state index contributed by atoms with van der Waals surface area (Å²) in [5.41, 5.74) is -3.28. The van der Waals surface area contributed by atoms with E-state index in [1.165, 1.54) is 6.07 Å². The largest absolute Gasteiger partial charge is 0.438 e. The minimum Gasteiger partial charge on any atom is -0.362 e. The van der Waals surface area contributed by atoms with Crippen LogP contribution in [0, 0.1) is 0 Å². The molecule has 1 aromatic heterocycles. The van der Waals surface area contributed by atoms with Crippen LogP contribution in [0.2, 0.25) is 0 Å². The monoisotopic (exact) mass is 420 g/mol. The van der Waals surface area contributed by atoms with Gasteiger partial charge in [-0.2, -0.15) is 23.3 Å². The van der Waals surface area contributed by atoms with E-state index in [9.17, 15) is 23.1 Å². The van der Waals surface area contributed by atoms with Crippen LogP contribution < -0.4 is 0 Å². The quantitative estimate of drug-likeness (QED) is 0.755. The van der Waals surface area contributed by atoms with Crippen molar-refractivity contribution >= 4 is 55.3 Å². The fourth-order valence-corrected chi connectivity index (χ4v) is 3.41. The van der Waals surface area contributed by atoms with Gasteiger partial charge in [0, 0.05) is 17.1 Å². The molecule has 0 saturated carbocycles. The topological polar surface area (TPSA) is 52.9 Å². The Hall–Kier alpha value is -0.450. The lowest BCUT2D eigenvalue weighted by Crippen LogP contribution is -2.56. The Morgan fingerprint density at radius 1 is 1.53 bits per heavy atom. The Morgan fingerprint density at radius 2 is 2.16 bits per heavy atom. The molecule has 0 saturated heterocycles. The van der Waals surface area contributed by atoms with E-state index in [1.54, 1.807) is 0 Å². The van der Waals surface area contributed by atoms with Crippen molar-refractivity contribution in [3.8, 4) is 0 Å². The maximum atomic E-state index is 12.8. The SMILES string of the molecule is O=C(c1cc(Br)c(Br)s1)N1N=CC[C@]1(O)C(F)(F)F. The van der Waals surface area contributed by atoms with E-state index in [0.29, 0.717) is 8.26 Å². The predicted octanol–water partition coefficient (Wildman–Crippen LogP) is 3.36. The minimum atomic E-state index is -4.98. The second-order valence-electron chi connectivity index (χ2n) is 3.67. The zero-order valence-corrected chi connectivity index (χ0v) is 12.9. The average Bonchev–Trinajstić information content (AvgIpc) is 2.83. The molecule has 1 atom stereocenters. The zero-order chi connectivity index (χ0) is 14.4. The fourth-order valence-electron chi connectivity index (χ4n) is 1.44. The Morgan fingerprint density at radius 3 is 2.63 bits per heavy atom. The van der Waals surface area contributed by atoms with Gasteiger partial charge in [-0.15, -0.1) is 11.3 Å². The third-order valence-electron chi connectivity index (χ3n) is 2.43. The van der Waals surface area contributed by atoms with Crippen molar-refractivity contribution in [3.63, 3.8) is 0 Å². The zero-order valence-electron chi connectivity index (χ0n) is 8.91. The molecule has 1 N–H and O–H groups in total. The molecule has 2 heterocycles. The Bertz CT molecular complexity index is 541. The van der Waals surface area contributed by atoms with Gasteiger partial charge in [0.15, 0.2) is 0 Å². The number of hydrogen-bond donors (Lipinski definition) is 1. The number of hydrazone groups is 1. The molecule has 1 aliphatic rings. The van der Waals surface area contributed by atoms with Gasteiger partial charge < -0.3 is 5.11 Å². The number of thiophene rings is 1. The number of rotatable bonds is 1. The highest BCUT2D eigenvalue weighted by Crippen LogP contribution is 2.41. The molecule has 4 nitrogen and oxygen atoms in total. The molecule has 19 heavy (non-hydrogen) atoms. The predicted molar refractivity (Wildman–Crippen MR) is 70.0 cm³/mol. The normalized spacial score (nSPS) is 23.2. The Labute approximate surface area is 126 Å². The number of nitrogens with zero attached hydrogens (tertiary/aromatic N) is 2. The first-order valence-corrected chi connectivity index (χ1v) is 7.18. The molecule has 0 spiro atoms. The van der Waals surface area contributed by atoms with Crippen LogP contribution in [0.1, 0.15) is 16.1 Å². The molecule has 104 valence electrons. The first kappa shape index (κ1) is 14.9. The van der Waals surface area contributed by atoms with Crippen LogP contribution in [0.5, 0.6) is 0 Å². The van der Waals surface area contributed by atoms with Crippen molar-refractivity contribution in [2.45, 2.75) is 18.3 Å². The summed E-state index contributed by atoms with van der Waals surface area (Å²) in [6.07, 6.45) is -4.90. The van der Waals surface area contributed by atoms with Crippen LogP contribution in [-0.2, 0) is 0 Å². The third kappa shape index (κ3) is 2.46. The number of carbonyl (C=O) groups is 1. The van der Waals surface area contributed by atoms with E-state index in [4.69, 9.17) is 0 Å². The second-order valence-corrected chi connectivity index (χ2v) is 6.89. The van der Waals surface area contributed by atoms with Crippen molar-refractivity contribution in [2.24, 2.45) is 5.10 Å². The van der Waals surface area contributed by atoms with E-state index in [-0.39, 0.29) is 9.89 Å². The van der Waals surface area contributed by atoms with Gasteiger partial charge in [-0.3, -0.25) is 4.79 Å². The summed E-state index contributed by atoms with van der Waals surface area (Å²) in [5.74, 6) is -1.01. The summed E-state index contributed by atoms with van der Waals surface area (Å²) < 4.78 is 39.6. The van der Waals surface area contributed by atoms with Gasteiger partial charge in [-0.1, -0.05) is 0 Å². The van der Waals surface area contributed by atoms with Gasteiger partial charge in [-0.05, 0) is 37.9 Å². The first-order chi connectivity index (χ1) is 8.67. The summed E-state index contributed by atoms with van der Waals surface area (Å²) in [6, 6.07) is 1.36. The van der Waals surface area contributed by atoms with Crippen molar-refractivity contribution in [1.29, 1.82) is 0 Å². The van der Waals surface area contributed by atoms with Crippen molar-refractivity contribution in [1.82, 2.24) is 5.01 Å². The highest BCUT2D eigenvalue weighted by atomic mass is 79.9. The minimum absolute atomic E-state index is 0.0282. The molecule has 0 bridgehead atoms. The number of alkyl halides is 3. The number of halogens is 5. The molecule has 10 heteroatoms. The van der Waals surface area contributed by atoms with Crippen molar-refractivity contribution in [3.05, 3.63) is 19.2 Å². The summed E-state index contributed by atoms with van der Waals surface area (Å²) in [4.78, 5) is 12.0. The van der Waals surface area contributed by atoms with Gasteiger partial charge in [0.1, 0.15) is 0 Å². The van der Waals surface area contributed by atoms with Gasteiger partial charge in [-0.25, -0.2) is 0 Å². The van der Waals surface area contributed by atoms with Gasteiger partial charge >= 0.3 is 6.18 Å². The Balaban J connectivity index is 2.36. The summed E-state index contributed by atoms with van der Waals surface area (Å²) >= 11 is 7.22. The summed E-state index contributed by atoms with van der Waals surface area (Å²) in [6.45, 7) is 0. The fraction of sp³-hybridized carbons (Fsp3) is 0.333. The lowest BCUT2D eigenvalue weighted by atomic mass is 10.1. The smallest absolute Gasteiger partial charge is 0.362 e. The average molecular weight is 422 g/mol. The van der Waals surface area contributed by atoms with Crippen LogP contribution in [-0.4, -0.2) is 34.1 Å².